The van der Waals surface area contributed by atoms with Gasteiger partial charge in [0.05, 0.1) is 4.88 Å². The van der Waals surface area contributed by atoms with Crippen LogP contribution in [0.2, 0.25) is 5.02 Å². The third-order valence-electron chi connectivity index (χ3n) is 3.36. The van der Waals surface area contributed by atoms with Gasteiger partial charge in [-0.1, -0.05) is 31.5 Å². The van der Waals surface area contributed by atoms with Crippen LogP contribution in [0.1, 0.15) is 23.5 Å². The fourth-order valence-corrected chi connectivity index (χ4v) is 2.79. The van der Waals surface area contributed by atoms with E-state index in [9.17, 15) is 9.59 Å². The number of benzene rings is 1. The predicted octanol–water partition coefficient (Wildman–Crippen LogP) is 3.78. The number of hydrogen-bond donors (Lipinski definition) is 1. The second-order valence-electron chi connectivity index (χ2n) is 5.64. The lowest BCUT2D eigenvalue weighted by atomic mass is 10.0. The summed E-state index contributed by atoms with van der Waals surface area (Å²) in [7, 11) is 0. The number of halogens is 1. The lowest BCUT2D eigenvalue weighted by Gasteiger charge is -2.20. The van der Waals surface area contributed by atoms with Crippen LogP contribution in [-0.2, 0) is 9.53 Å². The highest BCUT2D eigenvalue weighted by atomic mass is 35.5. The summed E-state index contributed by atoms with van der Waals surface area (Å²) >= 11 is 7.12. The number of ether oxygens (including phenoxy) is 2. The quantitative estimate of drug-likeness (QED) is 0.558. The summed E-state index contributed by atoms with van der Waals surface area (Å²) in [5.74, 6) is -0.192. The van der Waals surface area contributed by atoms with Crippen LogP contribution in [-0.4, -0.2) is 31.1 Å². The molecule has 0 aliphatic carbocycles. The SMILES string of the molecule is CC(C)[C@@H](NC(=O)c1cccs1)C(=O)OCCOc1ccc(Cl)cc1. The van der Waals surface area contributed by atoms with E-state index < -0.39 is 12.0 Å². The standard InChI is InChI=1S/C18H20ClNO4S/c1-12(2)16(20-17(21)15-4-3-11-25-15)18(22)24-10-9-23-14-7-5-13(19)6-8-14/h3-8,11-12,16H,9-10H2,1-2H3,(H,20,21)/t16-/m1/s1. The second-order valence-corrected chi connectivity index (χ2v) is 7.03. The van der Waals surface area contributed by atoms with E-state index in [0.29, 0.717) is 15.6 Å². The van der Waals surface area contributed by atoms with Gasteiger partial charge < -0.3 is 14.8 Å². The van der Waals surface area contributed by atoms with Crippen LogP contribution in [0.3, 0.4) is 0 Å². The molecule has 1 atom stereocenters. The Morgan fingerprint density at radius 2 is 1.88 bits per heavy atom. The highest BCUT2D eigenvalue weighted by Gasteiger charge is 2.26. The van der Waals surface area contributed by atoms with E-state index in [1.165, 1.54) is 11.3 Å². The van der Waals surface area contributed by atoms with Gasteiger partial charge in [0.1, 0.15) is 25.0 Å². The number of thiophene rings is 1. The molecule has 2 aromatic rings. The average molecular weight is 382 g/mol. The lowest BCUT2D eigenvalue weighted by Crippen LogP contribution is -2.45. The molecule has 0 aliphatic rings. The van der Waals surface area contributed by atoms with Crippen molar-refractivity contribution in [3.63, 3.8) is 0 Å². The van der Waals surface area contributed by atoms with E-state index in [1.807, 2.05) is 19.2 Å². The molecular formula is C18H20ClNO4S. The summed E-state index contributed by atoms with van der Waals surface area (Å²) in [6, 6.07) is 9.71. The maximum atomic E-state index is 12.2. The molecule has 0 unspecified atom stereocenters. The van der Waals surface area contributed by atoms with Gasteiger partial charge in [0, 0.05) is 5.02 Å². The third kappa shape index (κ3) is 6.07. The van der Waals surface area contributed by atoms with Gasteiger partial charge in [-0.15, -0.1) is 11.3 Å². The highest BCUT2D eigenvalue weighted by Crippen LogP contribution is 2.15. The van der Waals surface area contributed by atoms with Crippen LogP contribution in [0.5, 0.6) is 5.75 Å². The minimum Gasteiger partial charge on any atom is -0.490 e. The first-order chi connectivity index (χ1) is 12.0. The van der Waals surface area contributed by atoms with Crippen LogP contribution in [0, 0.1) is 5.92 Å². The van der Waals surface area contributed by atoms with Crippen LogP contribution >= 0.6 is 22.9 Å². The fourth-order valence-electron chi connectivity index (χ4n) is 2.04. The minimum atomic E-state index is -0.704. The lowest BCUT2D eigenvalue weighted by molar-refractivity contribution is -0.147. The zero-order valence-corrected chi connectivity index (χ0v) is 15.6. The molecular weight excluding hydrogens is 362 g/mol. The van der Waals surface area contributed by atoms with Crippen molar-refractivity contribution in [2.45, 2.75) is 19.9 Å². The molecule has 0 spiro atoms. The molecule has 7 heteroatoms. The Morgan fingerprint density at radius 1 is 1.16 bits per heavy atom. The van der Waals surface area contributed by atoms with Crippen LogP contribution < -0.4 is 10.1 Å². The van der Waals surface area contributed by atoms with Crippen molar-refractivity contribution >= 4 is 34.8 Å². The van der Waals surface area contributed by atoms with Gasteiger partial charge in [-0.05, 0) is 41.6 Å². The van der Waals surface area contributed by atoms with Crippen LogP contribution in [0.15, 0.2) is 41.8 Å². The van der Waals surface area contributed by atoms with Crippen molar-refractivity contribution in [2.75, 3.05) is 13.2 Å². The second kappa shape index (κ2) is 9.44. The average Bonchev–Trinajstić information content (AvgIpc) is 3.12. The molecule has 0 saturated heterocycles. The first-order valence-electron chi connectivity index (χ1n) is 7.86. The molecule has 134 valence electrons. The number of rotatable bonds is 8. The van der Waals surface area contributed by atoms with E-state index in [4.69, 9.17) is 21.1 Å². The molecule has 0 saturated carbocycles. The molecule has 0 fully saturated rings. The van der Waals surface area contributed by atoms with Gasteiger partial charge in [-0.2, -0.15) is 0 Å². The van der Waals surface area contributed by atoms with E-state index >= 15 is 0 Å². The highest BCUT2D eigenvalue weighted by molar-refractivity contribution is 7.12. The monoisotopic (exact) mass is 381 g/mol. The number of carbonyl (C=O) groups is 2. The summed E-state index contributed by atoms with van der Waals surface area (Å²) in [5.41, 5.74) is 0. The fraction of sp³-hybridized carbons (Fsp3) is 0.333. The van der Waals surface area contributed by atoms with E-state index in [2.05, 4.69) is 5.32 Å². The smallest absolute Gasteiger partial charge is 0.329 e. The summed E-state index contributed by atoms with van der Waals surface area (Å²) < 4.78 is 10.7. The Labute approximate surface area is 155 Å². The minimum absolute atomic E-state index is 0.0893. The molecule has 1 heterocycles. The van der Waals surface area contributed by atoms with E-state index in [-0.39, 0.29) is 25.0 Å². The van der Waals surface area contributed by atoms with Gasteiger partial charge >= 0.3 is 5.97 Å². The summed E-state index contributed by atoms with van der Waals surface area (Å²) in [6.07, 6.45) is 0. The maximum Gasteiger partial charge on any atom is 0.329 e. The van der Waals surface area contributed by atoms with Crippen molar-refractivity contribution < 1.29 is 19.1 Å². The van der Waals surface area contributed by atoms with Gasteiger partial charge in [-0.3, -0.25) is 4.79 Å². The van der Waals surface area contributed by atoms with Gasteiger partial charge in [0.2, 0.25) is 0 Å². The Kier molecular flexibility index (Phi) is 7.28. The van der Waals surface area contributed by atoms with E-state index in [1.54, 1.807) is 36.4 Å². The number of esters is 1. The molecule has 0 bridgehead atoms. The summed E-state index contributed by atoms with van der Waals surface area (Å²) in [6.45, 7) is 4.02. The van der Waals surface area contributed by atoms with Crippen LogP contribution in [0.4, 0.5) is 0 Å². The Morgan fingerprint density at radius 3 is 2.48 bits per heavy atom. The van der Waals surface area contributed by atoms with Crippen molar-refractivity contribution in [1.29, 1.82) is 0 Å². The normalized spacial score (nSPS) is 11.8. The molecule has 2 rings (SSSR count). The van der Waals surface area contributed by atoms with Crippen molar-refractivity contribution in [3.8, 4) is 5.75 Å². The van der Waals surface area contributed by atoms with Gasteiger partial charge in [0.15, 0.2) is 0 Å². The third-order valence-corrected chi connectivity index (χ3v) is 4.48. The first kappa shape index (κ1) is 19.3. The first-order valence-corrected chi connectivity index (χ1v) is 9.12. The van der Waals surface area contributed by atoms with Gasteiger partial charge in [-0.25, -0.2) is 4.79 Å². The number of carbonyl (C=O) groups excluding carboxylic acids is 2. The molecule has 1 N–H and O–H groups in total. The Bertz CT molecular complexity index is 686. The summed E-state index contributed by atoms with van der Waals surface area (Å²) in [5, 5.41) is 5.16. The van der Waals surface area contributed by atoms with Gasteiger partial charge in [0.25, 0.3) is 5.91 Å². The van der Waals surface area contributed by atoms with Crippen molar-refractivity contribution in [3.05, 3.63) is 51.7 Å². The molecule has 0 aliphatic heterocycles. The summed E-state index contributed by atoms with van der Waals surface area (Å²) in [4.78, 5) is 24.9. The molecule has 1 aromatic carbocycles. The maximum absolute atomic E-state index is 12.2. The van der Waals surface area contributed by atoms with Crippen molar-refractivity contribution in [2.24, 2.45) is 5.92 Å². The zero-order valence-electron chi connectivity index (χ0n) is 14.0. The molecule has 1 amide bonds. The zero-order chi connectivity index (χ0) is 18.2. The Balaban J connectivity index is 1.79. The topological polar surface area (TPSA) is 64.6 Å². The number of nitrogens with one attached hydrogen (secondary N) is 1. The predicted molar refractivity (Wildman–Crippen MR) is 98.3 cm³/mol. The van der Waals surface area contributed by atoms with E-state index in [0.717, 1.165) is 0 Å². The molecule has 25 heavy (non-hydrogen) atoms. The molecule has 1 aromatic heterocycles. The number of amides is 1. The van der Waals surface area contributed by atoms with Crippen LogP contribution in [0.25, 0.3) is 0 Å². The number of hydrogen-bond acceptors (Lipinski definition) is 5. The molecule has 0 radical (unpaired) electrons. The molecule has 5 nitrogen and oxygen atoms in total. The Hall–Kier alpha value is -2.05. The van der Waals surface area contributed by atoms with Crippen molar-refractivity contribution in [1.82, 2.24) is 5.32 Å². The largest absolute Gasteiger partial charge is 0.490 e.